The summed E-state index contributed by atoms with van der Waals surface area (Å²) in [5, 5.41) is 3.33. The van der Waals surface area contributed by atoms with Crippen molar-refractivity contribution in [3.05, 3.63) is 60.2 Å². The van der Waals surface area contributed by atoms with Crippen LogP contribution >= 0.6 is 0 Å². The molecule has 2 nitrogen and oxygen atoms in total. The van der Waals surface area contributed by atoms with Crippen molar-refractivity contribution in [2.24, 2.45) is 0 Å². The lowest BCUT2D eigenvalue weighted by molar-refractivity contribution is 0.199. The Bertz CT molecular complexity index is 468. The fourth-order valence-corrected chi connectivity index (χ4v) is 1.83. The summed E-state index contributed by atoms with van der Waals surface area (Å²) in [4.78, 5) is 0. The first-order chi connectivity index (χ1) is 8.90. The molecule has 1 N–H and O–H groups in total. The van der Waals surface area contributed by atoms with Crippen LogP contribution < -0.4 is 5.32 Å². The monoisotopic (exact) mass is 240 g/mol. The predicted molar refractivity (Wildman–Crippen MR) is 74.3 cm³/mol. The number of nitrogens with one attached hydrogen (secondary N) is 1. The van der Waals surface area contributed by atoms with Crippen LogP contribution in [0.3, 0.4) is 0 Å². The summed E-state index contributed by atoms with van der Waals surface area (Å²) in [6.07, 6.45) is 0. The van der Waals surface area contributed by atoms with Crippen molar-refractivity contribution in [1.29, 1.82) is 0 Å². The second-order valence-corrected chi connectivity index (χ2v) is 4.14. The minimum Gasteiger partial charge on any atom is -0.383 e. The van der Waals surface area contributed by atoms with Gasteiger partial charge in [0.15, 0.2) is 0 Å². The minimum atomic E-state index is 0.734. The zero-order valence-electron chi connectivity index (χ0n) is 10.6. The average molecular weight is 240 g/mol. The largest absolute Gasteiger partial charge is 0.383 e. The van der Waals surface area contributed by atoms with E-state index in [1.54, 1.807) is 7.11 Å². The summed E-state index contributed by atoms with van der Waals surface area (Å²) < 4.78 is 5.00. The Balaban J connectivity index is 2.02. The summed E-state index contributed by atoms with van der Waals surface area (Å²) in [7, 11) is 1.71. The van der Waals surface area contributed by atoms with E-state index < -0.39 is 0 Å². The standard InChI is InChI=1S/C16H18NO/c1-18-11-10-17-13-14-6-5-9-16(12-14)15-7-3-2-4-8-15/h2-5,7-9,12,17H,10-11,13H2,1H3. The molecule has 2 rings (SSSR count). The second kappa shape index (κ2) is 6.94. The van der Waals surface area contributed by atoms with Gasteiger partial charge in [0.05, 0.1) is 6.61 Å². The molecule has 1 radical (unpaired) electrons. The molecule has 2 aromatic carbocycles. The molecule has 0 aliphatic rings. The van der Waals surface area contributed by atoms with Gasteiger partial charge in [0.25, 0.3) is 0 Å². The van der Waals surface area contributed by atoms with Crippen LogP contribution in [0.5, 0.6) is 0 Å². The molecule has 18 heavy (non-hydrogen) atoms. The molecule has 0 atom stereocenters. The van der Waals surface area contributed by atoms with Crippen LogP contribution in [0.15, 0.2) is 48.5 Å². The Morgan fingerprint density at radius 3 is 2.72 bits per heavy atom. The highest BCUT2D eigenvalue weighted by Crippen LogP contribution is 2.19. The summed E-state index contributed by atoms with van der Waals surface area (Å²) in [5.41, 5.74) is 3.65. The highest BCUT2D eigenvalue weighted by Gasteiger charge is 1.98. The first kappa shape index (κ1) is 12.8. The number of hydrogen-bond acceptors (Lipinski definition) is 2. The van der Waals surface area contributed by atoms with Crippen LogP contribution in [0.1, 0.15) is 5.56 Å². The molecule has 0 unspecified atom stereocenters. The predicted octanol–water partition coefficient (Wildman–Crippen LogP) is 2.89. The van der Waals surface area contributed by atoms with Crippen molar-refractivity contribution >= 4 is 0 Å². The number of ether oxygens (including phenoxy) is 1. The smallest absolute Gasteiger partial charge is 0.0587 e. The highest BCUT2D eigenvalue weighted by atomic mass is 16.5. The van der Waals surface area contributed by atoms with Crippen molar-refractivity contribution in [2.45, 2.75) is 6.54 Å². The number of benzene rings is 2. The van der Waals surface area contributed by atoms with Gasteiger partial charge in [-0.1, -0.05) is 42.5 Å². The average Bonchev–Trinajstić information content (AvgIpc) is 2.45. The molecular formula is C16H18NO. The molecule has 0 heterocycles. The second-order valence-electron chi connectivity index (χ2n) is 4.14. The highest BCUT2D eigenvalue weighted by molar-refractivity contribution is 5.63. The van der Waals surface area contributed by atoms with Crippen LogP contribution in [-0.2, 0) is 11.3 Å². The van der Waals surface area contributed by atoms with E-state index in [9.17, 15) is 0 Å². The fraction of sp³-hybridized carbons (Fsp3) is 0.250. The lowest BCUT2D eigenvalue weighted by Gasteiger charge is -2.06. The van der Waals surface area contributed by atoms with Gasteiger partial charge >= 0.3 is 0 Å². The van der Waals surface area contributed by atoms with E-state index in [4.69, 9.17) is 4.74 Å². The Morgan fingerprint density at radius 2 is 1.94 bits per heavy atom. The van der Waals surface area contributed by atoms with Crippen molar-refractivity contribution < 1.29 is 4.74 Å². The topological polar surface area (TPSA) is 21.3 Å². The van der Waals surface area contributed by atoms with Gasteiger partial charge in [-0.05, 0) is 28.8 Å². The van der Waals surface area contributed by atoms with Crippen LogP contribution in [0, 0.1) is 6.07 Å². The van der Waals surface area contributed by atoms with Gasteiger partial charge in [0.1, 0.15) is 0 Å². The summed E-state index contributed by atoms with van der Waals surface area (Å²) >= 11 is 0. The van der Waals surface area contributed by atoms with Crippen LogP contribution in [0.4, 0.5) is 0 Å². The van der Waals surface area contributed by atoms with Gasteiger partial charge in [0.2, 0.25) is 0 Å². The van der Waals surface area contributed by atoms with E-state index in [-0.39, 0.29) is 0 Å². The zero-order valence-corrected chi connectivity index (χ0v) is 10.6. The van der Waals surface area contributed by atoms with E-state index in [2.05, 4.69) is 47.8 Å². The van der Waals surface area contributed by atoms with Crippen LogP contribution in [-0.4, -0.2) is 20.3 Å². The third-order valence-corrected chi connectivity index (χ3v) is 2.77. The lowest BCUT2D eigenvalue weighted by atomic mass is 10.0. The number of methoxy groups -OCH3 is 1. The number of rotatable bonds is 6. The van der Waals surface area contributed by atoms with Gasteiger partial charge in [-0.15, -0.1) is 0 Å². The van der Waals surface area contributed by atoms with E-state index in [0.29, 0.717) is 0 Å². The van der Waals surface area contributed by atoms with E-state index in [1.807, 2.05) is 12.1 Å². The van der Waals surface area contributed by atoms with E-state index in [1.165, 1.54) is 16.7 Å². The summed E-state index contributed by atoms with van der Waals surface area (Å²) in [6, 6.07) is 19.9. The molecule has 2 aromatic rings. The van der Waals surface area contributed by atoms with Gasteiger partial charge < -0.3 is 10.1 Å². The Hall–Kier alpha value is -1.64. The minimum absolute atomic E-state index is 0.734. The third-order valence-electron chi connectivity index (χ3n) is 2.77. The van der Waals surface area contributed by atoms with Crippen LogP contribution in [0.25, 0.3) is 11.1 Å². The van der Waals surface area contributed by atoms with Crippen molar-refractivity contribution in [1.82, 2.24) is 5.32 Å². The molecule has 93 valence electrons. The Morgan fingerprint density at radius 1 is 1.11 bits per heavy atom. The van der Waals surface area contributed by atoms with Crippen molar-refractivity contribution in [3.8, 4) is 11.1 Å². The lowest BCUT2D eigenvalue weighted by Crippen LogP contribution is -2.18. The molecule has 0 aliphatic heterocycles. The SMILES string of the molecule is COCCNCc1[c]ccc(-c2ccccc2)c1. The van der Waals surface area contributed by atoms with Crippen molar-refractivity contribution in [2.75, 3.05) is 20.3 Å². The Labute approximate surface area is 109 Å². The van der Waals surface area contributed by atoms with E-state index >= 15 is 0 Å². The molecule has 2 heteroatoms. The first-order valence-corrected chi connectivity index (χ1v) is 6.16. The zero-order chi connectivity index (χ0) is 12.6. The molecule has 0 fully saturated rings. The van der Waals surface area contributed by atoms with Gasteiger partial charge in [-0.25, -0.2) is 0 Å². The maximum atomic E-state index is 5.00. The molecule has 0 aliphatic carbocycles. The quantitative estimate of drug-likeness (QED) is 0.784. The molecule has 0 aromatic heterocycles. The van der Waals surface area contributed by atoms with Gasteiger partial charge in [0, 0.05) is 20.2 Å². The number of hydrogen-bond donors (Lipinski definition) is 1. The summed E-state index contributed by atoms with van der Waals surface area (Å²) in [6.45, 7) is 2.42. The van der Waals surface area contributed by atoms with Gasteiger partial charge in [-0.2, -0.15) is 0 Å². The van der Waals surface area contributed by atoms with E-state index in [0.717, 1.165) is 19.7 Å². The molecule has 0 saturated heterocycles. The third kappa shape index (κ3) is 3.69. The summed E-state index contributed by atoms with van der Waals surface area (Å²) in [5.74, 6) is 0. The normalized spacial score (nSPS) is 10.5. The molecule has 0 spiro atoms. The van der Waals surface area contributed by atoms with Crippen LogP contribution in [0.2, 0.25) is 0 Å². The molecule has 0 amide bonds. The molecule has 0 bridgehead atoms. The maximum absolute atomic E-state index is 5.00. The maximum Gasteiger partial charge on any atom is 0.0587 e. The first-order valence-electron chi connectivity index (χ1n) is 6.16. The van der Waals surface area contributed by atoms with Gasteiger partial charge in [-0.3, -0.25) is 0 Å². The van der Waals surface area contributed by atoms with Crippen molar-refractivity contribution in [3.63, 3.8) is 0 Å². The fourth-order valence-electron chi connectivity index (χ4n) is 1.83. The molecule has 0 saturated carbocycles. The molecular weight excluding hydrogens is 222 g/mol. The Kier molecular flexibility index (Phi) is 4.94.